The van der Waals surface area contributed by atoms with Gasteiger partial charge in [-0.05, 0) is 48.5 Å². The van der Waals surface area contributed by atoms with Crippen molar-refractivity contribution in [2.45, 2.75) is 6.18 Å². The molecule has 0 unspecified atom stereocenters. The fraction of sp³-hybridized carbons (Fsp3) is 0.0435. The number of rotatable bonds is 7. The zero-order chi connectivity index (χ0) is 27.3. The van der Waals surface area contributed by atoms with Gasteiger partial charge in [0, 0.05) is 22.3 Å². The number of nitro benzene ring substituents is 2. The van der Waals surface area contributed by atoms with Crippen molar-refractivity contribution in [1.82, 2.24) is 0 Å². The van der Waals surface area contributed by atoms with Crippen LogP contribution in [0.5, 0.6) is 11.5 Å². The van der Waals surface area contributed by atoms with Crippen molar-refractivity contribution in [3.05, 3.63) is 103 Å². The molecule has 0 radical (unpaired) electrons. The molecule has 0 fully saturated rings. The number of benzene rings is 3. The molecular formula is C23H12ClF3N4O6. The molecule has 0 atom stereocenters. The Kier molecular flexibility index (Phi) is 7.74. The van der Waals surface area contributed by atoms with Crippen molar-refractivity contribution in [1.29, 1.82) is 5.26 Å². The molecule has 3 rings (SSSR count). The monoisotopic (exact) mass is 532 g/mol. The highest BCUT2D eigenvalue weighted by atomic mass is 35.5. The average Bonchev–Trinajstić information content (AvgIpc) is 2.83. The minimum absolute atomic E-state index is 0.0101. The molecule has 0 aliphatic rings. The summed E-state index contributed by atoms with van der Waals surface area (Å²) in [5.74, 6) is -1.53. The van der Waals surface area contributed by atoms with Crippen LogP contribution in [0.15, 0.2) is 66.2 Å². The molecule has 1 amide bonds. The Balaban J connectivity index is 1.97. The number of anilines is 1. The fourth-order valence-corrected chi connectivity index (χ4v) is 3.15. The number of amides is 1. The topological polar surface area (TPSA) is 148 Å². The van der Waals surface area contributed by atoms with Crippen molar-refractivity contribution in [3.8, 4) is 17.6 Å². The molecular weight excluding hydrogens is 521 g/mol. The van der Waals surface area contributed by atoms with Gasteiger partial charge in [-0.1, -0.05) is 17.7 Å². The molecule has 0 aromatic heterocycles. The van der Waals surface area contributed by atoms with Crippen LogP contribution in [0.1, 0.15) is 11.1 Å². The molecule has 0 bridgehead atoms. The number of alkyl halides is 3. The maximum Gasteiger partial charge on any atom is 0.416 e. The summed E-state index contributed by atoms with van der Waals surface area (Å²) >= 11 is 6.00. The predicted octanol–water partition coefficient (Wildman–Crippen LogP) is 6.51. The van der Waals surface area contributed by atoms with Crippen molar-refractivity contribution >= 4 is 40.6 Å². The van der Waals surface area contributed by atoms with Gasteiger partial charge in [0.15, 0.2) is 0 Å². The van der Waals surface area contributed by atoms with E-state index in [9.17, 15) is 43.5 Å². The molecule has 0 saturated heterocycles. The molecule has 10 nitrogen and oxygen atoms in total. The van der Waals surface area contributed by atoms with E-state index >= 15 is 0 Å². The highest BCUT2D eigenvalue weighted by Crippen LogP contribution is 2.37. The highest BCUT2D eigenvalue weighted by molar-refractivity contribution is 6.30. The van der Waals surface area contributed by atoms with Gasteiger partial charge in [-0.25, -0.2) is 0 Å². The van der Waals surface area contributed by atoms with E-state index in [2.05, 4.69) is 5.32 Å². The number of nitrogens with one attached hydrogen (secondary N) is 1. The maximum atomic E-state index is 12.9. The van der Waals surface area contributed by atoms with Gasteiger partial charge in [0.1, 0.15) is 17.4 Å². The van der Waals surface area contributed by atoms with Gasteiger partial charge in [-0.3, -0.25) is 25.0 Å². The molecule has 0 heterocycles. The van der Waals surface area contributed by atoms with Crippen molar-refractivity contribution in [3.63, 3.8) is 0 Å². The summed E-state index contributed by atoms with van der Waals surface area (Å²) < 4.78 is 44.4. The highest BCUT2D eigenvalue weighted by Gasteiger charge is 2.30. The molecule has 0 spiro atoms. The summed E-state index contributed by atoms with van der Waals surface area (Å²) in [6, 6.07) is 12.0. The third-order valence-electron chi connectivity index (χ3n) is 4.65. The Labute approximate surface area is 210 Å². The number of nitriles is 1. The number of halogens is 4. The fourth-order valence-electron chi connectivity index (χ4n) is 2.97. The molecule has 14 heteroatoms. The first kappa shape index (κ1) is 26.6. The largest absolute Gasteiger partial charge is 0.449 e. The molecule has 188 valence electrons. The SMILES string of the molecule is N#C/C(=C\c1cc(Cl)ccc1Oc1ccc([N+](=O)[O-])cc1[N+](=O)[O-])C(=O)Nc1cccc(C(F)(F)F)c1. The van der Waals surface area contributed by atoms with Crippen molar-refractivity contribution in [2.24, 2.45) is 0 Å². The molecule has 3 aromatic rings. The van der Waals surface area contributed by atoms with E-state index in [0.717, 1.165) is 30.3 Å². The number of nitro groups is 2. The van der Waals surface area contributed by atoms with Crippen molar-refractivity contribution < 1.29 is 32.5 Å². The number of hydrogen-bond donors (Lipinski definition) is 1. The first-order valence-corrected chi connectivity index (χ1v) is 10.3. The molecule has 37 heavy (non-hydrogen) atoms. The Morgan fingerprint density at radius 3 is 2.35 bits per heavy atom. The summed E-state index contributed by atoms with van der Waals surface area (Å²) in [5.41, 5.74) is -3.04. The van der Waals surface area contributed by atoms with E-state index in [1.807, 2.05) is 0 Å². The molecule has 0 aliphatic heterocycles. The Morgan fingerprint density at radius 1 is 1.03 bits per heavy atom. The van der Waals surface area contributed by atoms with Gasteiger partial charge in [0.25, 0.3) is 11.6 Å². The lowest BCUT2D eigenvalue weighted by atomic mass is 10.1. The number of carbonyl (C=O) groups excluding carboxylic acids is 1. The second-order valence-electron chi connectivity index (χ2n) is 7.15. The first-order valence-electron chi connectivity index (χ1n) is 9.89. The van der Waals surface area contributed by atoms with Crippen LogP contribution in [0.3, 0.4) is 0 Å². The van der Waals surface area contributed by atoms with Crippen LogP contribution in [0.4, 0.5) is 30.2 Å². The zero-order valence-corrected chi connectivity index (χ0v) is 18.9. The van der Waals surface area contributed by atoms with Gasteiger partial charge in [0.2, 0.25) is 5.75 Å². The Bertz CT molecular complexity index is 1480. The van der Waals surface area contributed by atoms with Crippen LogP contribution in [0, 0.1) is 31.6 Å². The number of hydrogen-bond acceptors (Lipinski definition) is 7. The van der Waals surface area contributed by atoms with Gasteiger partial charge in [0.05, 0.1) is 21.5 Å². The lowest BCUT2D eigenvalue weighted by Crippen LogP contribution is -2.14. The normalized spacial score (nSPS) is 11.4. The third kappa shape index (κ3) is 6.59. The van der Waals surface area contributed by atoms with Gasteiger partial charge in [-0.2, -0.15) is 18.4 Å². The number of ether oxygens (including phenoxy) is 1. The summed E-state index contributed by atoms with van der Waals surface area (Å²) in [6.07, 6.45) is -3.64. The molecule has 1 N–H and O–H groups in total. The van der Waals surface area contributed by atoms with Gasteiger partial charge in [-0.15, -0.1) is 0 Å². The standard InChI is InChI=1S/C23H12ClF3N4O6/c24-16-4-6-20(37-21-7-5-18(30(33)34)11-19(21)31(35)36)13(9-16)8-14(12-28)22(32)29-17-3-1-2-15(10-17)23(25,26)27/h1-11H,(H,29,32)/b14-8+. The summed E-state index contributed by atoms with van der Waals surface area (Å²) in [5, 5.41) is 34.2. The molecule has 0 saturated carbocycles. The Hall–Kier alpha value is -4.96. The van der Waals surface area contributed by atoms with Crippen LogP contribution in [0.25, 0.3) is 6.08 Å². The maximum absolute atomic E-state index is 12.9. The number of non-ortho nitro benzene ring substituents is 1. The van der Waals surface area contributed by atoms with Crippen molar-refractivity contribution in [2.75, 3.05) is 5.32 Å². The smallest absolute Gasteiger partial charge is 0.416 e. The Morgan fingerprint density at radius 2 is 1.73 bits per heavy atom. The van der Waals surface area contributed by atoms with Crippen LogP contribution in [-0.4, -0.2) is 15.8 Å². The summed E-state index contributed by atoms with van der Waals surface area (Å²) in [4.78, 5) is 33.2. The van der Waals surface area contributed by atoms with E-state index in [-0.39, 0.29) is 27.8 Å². The number of nitrogens with zero attached hydrogens (tertiary/aromatic N) is 3. The quantitative estimate of drug-likeness (QED) is 0.158. The minimum atomic E-state index is -4.65. The number of carbonyl (C=O) groups is 1. The van der Waals surface area contributed by atoms with E-state index in [1.54, 1.807) is 6.07 Å². The van der Waals surface area contributed by atoms with E-state index < -0.39 is 44.4 Å². The minimum Gasteiger partial charge on any atom is -0.449 e. The molecule has 3 aromatic carbocycles. The van der Waals surface area contributed by atoms with Crippen LogP contribution in [-0.2, 0) is 11.0 Å². The predicted molar refractivity (Wildman–Crippen MR) is 125 cm³/mol. The van der Waals surface area contributed by atoms with E-state index in [0.29, 0.717) is 12.1 Å². The van der Waals surface area contributed by atoms with Crippen LogP contribution >= 0.6 is 11.6 Å². The van der Waals surface area contributed by atoms with E-state index in [1.165, 1.54) is 24.3 Å². The zero-order valence-electron chi connectivity index (χ0n) is 18.2. The second-order valence-corrected chi connectivity index (χ2v) is 7.59. The average molecular weight is 533 g/mol. The van der Waals surface area contributed by atoms with Crippen LogP contribution in [0.2, 0.25) is 5.02 Å². The van der Waals surface area contributed by atoms with Crippen LogP contribution < -0.4 is 10.1 Å². The summed E-state index contributed by atoms with van der Waals surface area (Å²) in [6.45, 7) is 0. The molecule has 0 aliphatic carbocycles. The first-order chi connectivity index (χ1) is 17.4. The second kappa shape index (κ2) is 10.8. The lowest BCUT2D eigenvalue weighted by molar-refractivity contribution is -0.394. The lowest BCUT2D eigenvalue weighted by Gasteiger charge is -2.11. The van der Waals surface area contributed by atoms with E-state index in [4.69, 9.17) is 16.3 Å². The van der Waals surface area contributed by atoms with Gasteiger partial charge >= 0.3 is 11.9 Å². The van der Waals surface area contributed by atoms with Gasteiger partial charge < -0.3 is 10.1 Å². The third-order valence-corrected chi connectivity index (χ3v) is 4.89. The summed E-state index contributed by atoms with van der Waals surface area (Å²) in [7, 11) is 0.